The summed E-state index contributed by atoms with van der Waals surface area (Å²) < 4.78 is 43.4. The zero-order chi connectivity index (χ0) is 22.7. The van der Waals surface area contributed by atoms with Crippen molar-refractivity contribution in [3.8, 4) is 17.2 Å². The Morgan fingerprint density at radius 2 is 1.84 bits per heavy atom. The van der Waals surface area contributed by atoms with Gasteiger partial charge in [0, 0.05) is 49.4 Å². The lowest BCUT2D eigenvalue weighted by molar-refractivity contribution is 0.237. The summed E-state index contributed by atoms with van der Waals surface area (Å²) in [5, 5.41) is 2.82. The second-order valence-electron chi connectivity index (χ2n) is 7.37. The fourth-order valence-corrected chi connectivity index (χ4v) is 3.81. The van der Waals surface area contributed by atoms with E-state index in [0.29, 0.717) is 36.8 Å². The molecule has 0 radical (unpaired) electrons. The SMILES string of the molecule is COc1ccc(CN2CCc3nc(Nc4ccc(F)cc4F)ncc3C2)c(OC)c1OC. The minimum atomic E-state index is -0.693. The van der Waals surface area contributed by atoms with Crippen LogP contribution in [0, 0.1) is 11.6 Å². The van der Waals surface area contributed by atoms with E-state index in [1.807, 2.05) is 12.1 Å². The number of hydrogen-bond acceptors (Lipinski definition) is 7. The van der Waals surface area contributed by atoms with Crippen molar-refractivity contribution in [3.63, 3.8) is 0 Å². The number of methoxy groups -OCH3 is 3. The summed E-state index contributed by atoms with van der Waals surface area (Å²) in [6.45, 7) is 2.10. The van der Waals surface area contributed by atoms with E-state index in [0.717, 1.165) is 29.4 Å². The number of ether oxygens (including phenoxy) is 3. The predicted octanol–water partition coefficient (Wildman–Crippen LogP) is 4.08. The van der Waals surface area contributed by atoms with Gasteiger partial charge < -0.3 is 19.5 Å². The summed E-state index contributed by atoms with van der Waals surface area (Å²) in [5.74, 6) is 0.783. The highest BCUT2D eigenvalue weighted by atomic mass is 19.1. The third-order valence-corrected chi connectivity index (χ3v) is 5.37. The van der Waals surface area contributed by atoms with Crippen LogP contribution in [0.5, 0.6) is 17.2 Å². The van der Waals surface area contributed by atoms with Gasteiger partial charge in [0.1, 0.15) is 11.6 Å². The van der Waals surface area contributed by atoms with Crippen LogP contribution < -0.4 is 19.5 Å². The van der Waals surface area contributed by atoms with Crippen LogP contribution in [0.4, 0.5) is 20.4 Å². The monoisotopic (exact) mass is 442 g/mol. The van der Waals surface area contributed by atoms with Crippen molar-refractivity contribution in [2.24, 2.45) is 0 Å². The van der Waals surface area contributed by atoms with E-state index in [9.17, 15) is 8.78 Å². The van der Waals surface area contributed by atoms with Crippen molar-refractivity contribution >= 4 is 11.6 Å². The van der Waals surface area contributed by atoms with Gasteiger partial charge in [-0.05, 0) is 18.2 Å². The van der Waals surface area contributed by atoms with Gasteiger partial charge in [-0.1, -0.05) is 6.07 Å². The first kappa shape index (κ1) is 21.8. The molecule has 0 amide bonds. The highest BCUT2D eigenvalue weighted by molar-refractivity contribution is 5.56. The molecule has 3 aromatic rings. The van der Waals surface area contributed by atoms with Gasteiger partial charge >= 0.3 is 0 Å². The molecule has 32 heavy (non-hydrogen) atoms. The number of aromatic nitrogens is 2. The summed E-state index contributed by atoms with van der Waals surface area (Å²) in [4.78, 5) is 11.1. The van der Waals surface area contributed by atoms with Crippen LogP contribution in [0.3, 0.4) is 0 Å². The second-order valence-corrected chi connectivity index (χ2v) is 7.37. The molecule has 7 nitrogen and oxygen atoms in total. The smallest absolute Gasteiger partial charge is 0.227 e. The van der Waals surface area contributed by atoms with Gasteiger partial charge in [0.15, 0.2) is 11.5 Å². The summed E-state index contributed by atoms with van der Waals surface area (Å²) in [6, 6.07) is 7.16. The molecule has 4 rings (SSSR count). The number of nitrogens with zero attached hydrogens (tertiary/aromatic N) is 3. The van der Waals surface area contributed by atoms with Crippen molar-refractivity contribution in [1.29, 1.82) is 0 Å². The van der Waals surface area contributed by atoms with E-state index in [-0.39, 0.29) is 11.6 Å². The molecule has 1 aliphatic rings. The van der Waals surface area contributed by atoms with Crippen molar-refractivity contribution in [2.75, 3.05) is 33.2 Å². The van der Waals surface area contributed by atoms with Crippen LogP contribution >= 0.6 is 0 Å². The minimum absolute atomic E-state index is 0.129. The Balaban J connectivity index is 1.49. The molecule has 0 bridgehead atoms. The third kappa shape index (κ3) is 4.43. The van der Waals surface area contributed by atoms with Crippen LogP contribution in [-0.4, -0.2) is 42.7 Å². The van der Waals surface area contributed by atoms with Gasteiger partial charge in [-0.3, -0.25) is 4.90 Å². The van der Waals surface area contributed by atoms with E-state index in [1.54, 1.807) is 27.5 Å². The molecular formula is C23H24F2N4O3. The van der Waals surface area contributed by atoms with Crippen molar-refractivity contribution in [2.45, 2.75) is 19.5 Å². The Kier molecular flexibility index (Phi) is 6.36. The lowest BCUT2D eigenvalue weighted by atomic mass is 10.1. The molecule has 1 aliphatic heterocycles. The Morgan fingerprint density at radius 1 is 1.03 bits per heavy atom. The lowest BCUT2D eigenvalue weighted by Crippen LogP contribution is -2.31. The Hall–Kier alpha value is -3.46. The summed E-state index contributed by atoms with van der Waals surface area (Å²) in [5.41, 5.74) is 3.02. The lowest BCUT2D eigenvalue weighted by Gasteiger charge is -2.29. The van der Waals surface area contributed by atoms with Crippen molar-refractivity contribution in [3.05, 3.63) is 65.0 Å². The number of nitrogens with one attached hydrogen (secondary N) is 1. The van der Waals surface area contributed by atoms with Crippen molar-refractivity contribution < 1.29 is 23.0 Å². The summed E-state index contributed by atoms with van der Waals surface area (Å²) in [6.07, 6.45) is 2.46. The van der Waals surface area contributed by atoms with Crippen LogP contribution in [0.2, 0.25) is 0 Å². The van der Waals surface area contributed by atoms with Gasteiger partial charge in [-0.2, -0.15) is 0 Å². The maximum absolute atomic E-state index is 13.9. The molecule has 0 unspecified atom stereocenters. The Bertz CT molecular complexity index is 1130. The number of hydrogen-bond donors (Lipinski definition) is 1. The summed E-state index contributed by atoms with van der Waals surface area (Å²) in [7, 11) is 4.78. The van der Waals surface area contributed by atoms with Crippen molar-refractivity contribution in [1.82, 2.24) is 14.9 Å². The average Bonchev–Trinajstić information content (AvgIpc) is 2.80. The highest BCUT2D eigenvalue weighted by Crippen LogP contribution is 2.40. The standard InChI is InChI=1S/C23H24F2N4O3/c1-30-20-7-4-14(21(31-2)22(20)32-3)12-29-9-8-18-15(13-29)11-26-23(27-18)28-19-6-5-16(24)10-17(19)25/h4-7,10-11H,8-9,12-13H2,1-3H3,(H,26,27,28). The molecular weight excluding hydrogens is 418 g/mol. The fourth-order valence-electron chi connectivity index (χ4n) is 3.81. The third-order valence-electron chi connectivity index (χ3n) is 5.37. The zero-order valence-electron chi connectivity index (χ0n) is 18.1. The first-order chi connectivity index (χ1) is 15.5. The molecule has 0 aliphatic carbocycles. The molecule has 0 saturated carbocycles. The Morgan fingerprint density at radius 3 is 2.56 bits per heavy atom. The second kappa shape index (κ2) is 9.35. The molecule has 2 heterocycles. The number of halogens is 2. The molecule has 0 fully saturated rings. The van der Waals surface area contributed by atoms with Gasteiger partial charge in [0.25, 0.3) is 0 Å². The maximum atomic E-state index is 13.9. The maximum Gasteiger partial charge on any atom is 0.227 e. The minimum Gasteiger partial charge on any atom is -0.493 e. The Labute approximate surface area is 185 Å². The highest BCUT2D eigenvalue weighted by Gasteiger charge is 2.22. The van der Waals surface area contributed by atoms with Gasteiger partial charge in [0.05, 0.1) is 32.7 Å². The first-order valence-corrected chi connectivity index (χ1v) is 10.1. The molecule has 0 atom stereocenters. The number of benzene rings is 2. The number of fused-ring (bicyclic) bond motifs is 1. The topological polar surface area (TPSA) is 68.7 Å². The molecule has 1 N–H and O–H groups in total. The molecule has 1 aromatic heterocycles. The molecule has 0 saturated heterocycles. The summed E-state index contributed by atoms with van der Waals surface area (Å²) >= 11 is 0. The molecule has 0 spiro atoms. The molecule has 168 valence electrons. The normalized spacial score (nSPS) is 13.4. The van der Waals surface area contributed by atoms with E-state index in [4.69, 9.17) is 14.2 Å². The largest absolute Gasteiger partial charge is 0.493 e. The van der Waals surface area contributed by atoms with E-state index < -0.39 is 11.6 Å². The van der Waals surface area contributed by atoms with Crippen LogP contribution in [0.15, 0.2) is 36.5 Å². The van der Waals surface area contributed by atoms with E-state index >= 15 is 0 Å². The van der Waals surface area contributed by atoms with E-state index in [2.05, 4.69) is 20.2 Å². The van der Waals surface area contributed by atoms with Gasteiger partial charge in [-0.15, -0.1) is 0 Å². The van der Waals surface area contributed by atoms with Gasteiger partial charge in [0.2, 0.25) is 11.7 Å². The van der Waals surface area contributed by atoms with Crippen LogP contribution in [-0.2, 0) is 19.5 Å². The first-order valence-electron chi connectivity index (χ1n) is 10.1. The van der Waals surface area contributed by atoms with Crippen LogP contribution in [0.1, 0.15) is 16.8 Å². The van der Waals surface area contributed by atoms with E-state index in [1.165, 1.54) is 12.1 Å². The van der Waals surface area contributed by atoms with Gasteiger partial charge in [-0.25, -0.2) is 18.7 Å². The molecule has 9 heteroatoms. The average molecular weight is 442 g/mol. The number of anilines is 2. The number of rotatable bonds is 7. The molecule has 2 aromatic carbocycles. The van der Waals surface area contributed by atoms with Crippen LogP contribution in [0.25, 0.3) is 0 Å². The zero-order valence-corrected chi connectivity index (χ0v) is 18.1. The quantitative estimate of drug-likeness (QED) is 0.591. The predicted molar refractivity (Wildman–Crippen MR) is 116 cm³/mol. The fraction of sp³-hybridized carbons (Fsp3) is 0.304.